The van der Waals surface area contributed by atoms with Crippen LogP contribution in [0.25, 0.3) is 11.3 Å². The number of methoxy groups -OCH3 is 1. The van der Waals surface area contributed by atoms with Crippen molar-refractivity contribution in [1.29, 1.82) is 0 Å². The predicted molar refractivity (Wildman–Crippen MR) is 105 cm³/mol. The van der Waals surface area contributed by atoms with Crippen molar-refractivity contribution in [3.8, 4) is 17.1 Å². The fourth-order valence-corrected chi connectivity index (χ4v) is 3.36. The van der Waals surface area contributed by atoms with E-state index in [1.54, 1.807) is 13.4 Å². The van der Waals surface area contributed by atoms with Crippen molar-refractivity contribution >= 4 is 11.6 Å². The molecule has 0 spiro atoms. The topological polar surface area (TPSA) is 45.9 Å². The SMILES string of the molecule is COc1ccc(C(=O)N2CCN(c3ccc(-c4ccco4)cc3)CC2)cc1. The summed E-state index contributed by atoms with van der Waals surface area (Å²) in [6.45, 7) is 3.07. The van der Waals surface area contributed by atoms with Crippen molar-refractivity contribution in [1.82, 2.24) is 4.90 Å². The molecule has 0 aliphatic carbocycles. The minimum absolute atomic E-state index is 0.0745. The Hall–Kier alpha value is -3.21. The van der Waals surface area contributed by atoms with E-state index in [9.17, 15) is 4.79 Å². The second kappa shape index (κ2) is 7.58. The molecule has 5 nitrogen and oxygen atoms in total. The van der Waals surface area contributed by atoms with E-state index < -0.39 is 0 Å². The number of piperazine rings is 1. The number of hydrogen-bond acceptors (Lipinski definition) is 4. The summed E-state index contributed by atoms with van der Waals surface area (Å²) in [5.41, 5.74) is 2.94. The van der Waals surface area contributed by atoms with E-state index in [4.69, 9.17) is 9.15 Å². The van der Waals surface area contributed by atoms with Gasteiger partial charge in [-0.05, 0) is 60.7 Å². The first-order chi connectivity index (χ1) is 13.2. The van der Waals surface area contributed by atoms with Crippen LogP contribution in [0.5, 0.6) is 5.75 Å². The molecule has 27 heavy (non-hydrogen) atoms. The van der Waals surface area contributed by atoms with E-state index >= 15 is 0 Å². The lowest BCUT2D eigenvalue weighted by molar-refractivity contribution is 0.0747. The number of carbonyl (C=O) groups is 1. The first-order valence-electron chi connectivity index (χ1n) is 9.07. The van der Waals surface area contributed by atoms with Crippen LogP contribution in [0.3, 0.4) is 0 Å². The van der Waals surface area contributed by atoms with Gasteiger partial charge in [0.1, 0.15) is 11.5 Å². The summed E-state index contributed by atoms with van der Waals surface area (Å²) in [5, 5.41) is 0. The van der Waals surface area contributed by atoms with Gasteiger partial charge in [0, 0.05) is 43.0 Å². The number of ether oxygens (including phenoxy) is 1. The average molecular weight is 362 g/mol. The minimum Gasteiger partial charge on any atom is -0.497 e. The van der Waals surface area contributed by atoms with Crippen LogP contribution in [0.2, 0.25) is 0 Å². The Morgan fingerprint density at radius 3 is 2.22 bits per heavy atom. The molecule has 1 aliphatic heterocycles. The molecule has 0 saturated carbocycles. The lowest BCUT2D eigenvalue weighted by Crippen LogP contribution is -2.48. The van der Waals surface area contributed by atoms with Crippen LogP contribution in [0.4, 0.5) is 5.69 Å². The van der Waals surface area contributed by atoms with Gasteiger partial charge in [-0.2, -0.15) is 0 Å². The summed E-state index contributed by atoms with van der Waals surface area (Å²) < 4.78 is 10.6. The highest BCUT2D eigenvalue weighted by Gasteiger charge is 2.22. The molecule has 0 bridgehead atoms. The van der Waals surface area contributed by atoms with E-state index in [2.05, 4.69) is 29.2 Å². The van der Waals surface area contributed by atoms with Gasteiger partial charge >= 0.3 is 0 Å². The molecule has 3 aromatic rings. The molecular formula is C22H22N2O3. The van der Waals surface area contributed by atoms with Crippen LogP contribution in [0.15, 0.2) is 71.3 Å². The maximum atomic E-state index is 12.7. The zero-order valence-electron chi connectivity index (χ0n) is 15.3. The number of nitrogens with zero attached hydrogens (tertiary/aromatic N) is 2. The third-order valence-corrected chi connectivity index (χ3v) is 4.94. The molecule has 1 saturated heterocycles. The summed E-state index contributed by atoms with van der Waals surface area (Å²) in [6.07, 6.45) is 1.68. The fraction of sp³-hybridized carbons (Fsp3) is 0.227. The van der Waals surface area contributed by atoms with Gasteiger partial charge < -0.3 is 19.0 Å². The Kier molecular flexibility index (Phi) is 4.83. The molecule has 2 heterocycles. The Bertz CT molecular complexity index is 878. The average Bonchev–Trinajstić information content (AvgIpc) is 3.28. The number of carbonyl (C=O) groups excluding carboxylic acids is 1. The zero-order chi connectivity index (χ0) is 18.6. The summed E-state index contributed by atoms with van der Waals surface area (Å²) in [5.74, 6) is 1.70. The molecule has 0 unspecified atom stereocenters. The standard InChI is InChI=1S/C22H22N2O3/c1-26-20-10-6-18(7-11-20)22(25)24-14-12-23(13-15-24)19-8-4-17(5-9-19)21-3-2-16-27-21/h2-11,16H,12-15H2,1H3. The van der Waals surface area contributed by atoms with E-state index in [0.29, 0.717) is 18.7 Å². The van der Waals surface area contributed by atoms with Crippen molar-refractivity contribution in [2.75, 3.05) is 38.2 Å². The van der Waals surface area contributed by atoms with Crippen LogP contribution >= 0.6 is 0 Å². The largest absolute Gasteiger partial charge is 0.497 e. The molecule has 1 amide bonds. The van der Waals surface area contributed by atoms with E-state index in [-0.39, 0.29) is 5.91 Å². The van der Waals surface area contributed by atoms with Crippen LogP contribution in [-0.4, -0.2) is 44.1 Å². The lowest BCUT2D eigenvalue weighted by atomic mass is 10.1. The molecule has 2 aromatic carbocycles. The predicted octanol–water partition coefficient (Wildman–Crippen LogP) is 3.92. The molecule has 0 N–H and O–H groups in total. The van der Waals surface area contributed by atoms with Gasteiger partial charge in [0.15, 0.2) is 0 Å². The van der Waals surface area contributed by atoms with Gasteiger partial charge in [0.2, 0.25) is 0 Å². The Morgan fingerprint density at radius 2 is 1.63 bits per heavy atom. The summed E-state index contributed by atoms with van der Waals surface area (Å²) in [4.78, 5) is 16.9. The number of hydrogen-bond donors (Lipinski definition) is 0. The monoisotopic (exact) mass is 362 g/mol. The van der Waals surface area contributed by atoms with Crippen molar-refractivity contribution < 1.29 is 13.9 Å². The molecule has 138 valence electrons. The van der Waals surface area contributed by atoms with Crippen molar-refractivity contribution in [2.45, 2.75) is 0 Å². The van der Waals surface area contributed by atoms with Crippen molar-refractivity contribution in [3.05, 3.63) is 72.5 Å². The molecule has 1 aromatic heterocycles. The Labute approximate surface area is 158 Å². The quantitative estimate of drug-likeness (QED) is 0.706. The molecule has 1 aliphatic rings. The number of amides is 1. The molecule has 0 radical (unpaired) electrons. The summed E-state index contributed by atoms with van der Waals surface area (Å²) >= 11 is 0. The van der Waals surface area contributed by atoms with E-state index in [0.717, 1.165) is 30.2 Å². The van der Waals surface area contributed by atoms with Crippen LogP contribution in [0.1, 0.15) is 10.4 Å². The minimum atomic E-state index is 0.0745. The molecule has 5 heteroatoms. The van der Waals surface area contributed by atoms with E-state index in [1.165, 1.54) is 5.69 Å². The van der Waals surface area contributed by atoms with Gasteiger partial charge in [-0.15, -0.1) is 0 Å². The second-order valence-corrected chi connectivity index (χ2v) is 6.53. The highest BCUT2D eigenvalue weighted by atomic mass is 16.5. The third kappa shape index (κ3) is 3.67. The van der Waals surface area contributed by atoms with Gasteiger partial charge in [-0.1, -0.05) is 0 Å². The number of anilines is 1. The summed E-state index contributed by atoms with van der Waals surface area (Å²) in [6, 6.07) is 19.5. The third-order valence-electron chi connectivity index (χ3n) is 4.94. The highest BCUT2D eigenvalue weighted by molar-refractivity contribution is 5.94. The fourth-order valence-electron chi connectivity index (χ4n) is 3.36. The van der Waals surface area contributed by atoms with Gasteiger partial charge in [0.25, 0.3) is 5.91 Å². The highest BCUT2D eigenvalue weighted by Crippen LogP contribution is 2.24. The van der Waals surface area contributed by atoms with Crippen molar-refractivity contribution in [3.63, 3.8) is 0 Å². The van der Waals surface area contributed by atoms with Gasteiger partial charge in [-0.25, -0.2) is 0 Å². The second-order valence-electron chi connectivity index (χ2n) is 6.53. The smallest absolute Gasteiger partial charge is 0.253 e. The lowest BCUT2D eigenvalue weighted by Gasteiger charge is -2.36. The Balaban J connectivity index is 1.37. The van der Waals surface area contributed by atoms with Gasteiger partial charge in [0.05, 0.1) is 13.4 Å². The maximum absolute atomic E-state index is 12.7. The van der Waals surface area contributed by atoms with Gasteiger partial charge in [-0.3, -0.25) is 4.79 Å². The normalized spacial score (nSPS) is 14.3. The first-order valence-corrected chi connectivity index (χ1v) is 9.07. The van der Waals surface area contributed by atoms with Crippen LogP contribution < -0.4 is 9.64 Å². The van der Waals surface area contributed by atoms with E-state index in [1.807, 2.05) is 41.3 Å². The molecule has 4 rings (SSSR count). The molecule has 1 fully saturated rings. The zero-order valence-corrected chi connectivity index (χ0v) is 15.3. The number of furan rings is 1. The van der Waals surface area contributed by atoms with Crippen molar-refractivity contribution in [2.24, 2.45) is 0 Å². The molecule has 0 atom stereocenters. The van der Waals surface area contributed by atoms with Crippen LogP contribution in [0, 0.1) is 0 Å². The number of benzene rings is 2. The maximum Gasteiger partial charge on any atom is 0.253 e. The van der Waals surface area contributed by atoms with Crippen LogP contribution in [-0.2, 0) is 0 Å². The Morgan fingerprint density at radius 1 is 0.926 bits per heavy atom. The molecular weight excluding hydrogens is 340 g/mol. The number of rotatable bonds is 4. The first kappa shape index (κ1) is 17.2. The summed E-state index contributed by atoms with van der Waals surface area (Å²) in [7, 11) is 1.62.